The molecule has 0 fully saturated rings. The molecule has 0 spiro atoms. The Hall–Kier alpha value is -1.94. The van der Waals surface area contributed by atoms with Crippen LogP contribution in [0, 0.1) is 0 Å². The van der Waals surface area contributed by atoms with E-state index in [1.165, 1.54) is 6.07 Å². The maximum Gasteiger partial charge on any atom is 0.211 e. The second-order valence-corrected chi connectivity index (χ2v) is 3.96. The molecule has 2 aromatic rings. The van der Waals surface area contributed by atoms with Crippen molar-refractivity contribution in [2.75, 3.05) is 0 Å². The monoisotopic (exact) mass is 244 g/mol. The molecule has 0 aliphatic heterocycles. The van der Waals surface area contributed by atoms with Gasteiger partial charge in [-0.3, -0.25) is 0 Å². The molecule has 2 N–H and O–H groups in total. The summed E-state index contributed by atoms with van der Waals surface area (Å²) in [5.74, 6) is -0.0219. The van der Waals surface area contributed by atoms with Gasteiger partial charge in [0.2, 0.25) is 5.88 Å². The number of rotatable bonds is 3. The van der Waals surface area contributed by atoms with Crippen LogP contribution in [0.2, 0.25) is 0 Å². The van der Waals surface area contributed by atoms with Gasteiger partial charge in [-0.25, -0.2) is 4.98 Å². The number of nitrogens with one attached hydrogen (secondary N) is 1. The number of aromatic hydroxyl groups is 1. The smallest absolute Gasteiger partial charge is 0.211 e. The highest BCUT2D eigenvalue weighted by Gasteiger charge is 2.02. The molecule has 0 unspecified atom stereocenters. The van der Waals surface area contributed by atoms with Gasteiger partial charge < -0.3 is 10.4 Å². The summed E-state index contributed by atoms with van der Waals surface area (Å²) in [5.41, 5.74) is 1.73. The van der Waals surface area contributed by atoms with Crippen LogP contribution in [-0.2, 0) is 6.54 Å². The minimum atomic E-state index is -0.0219. The van der Waals surface area contributed by atoms with Crippen molar-refractivity contribution in [3.63, 3.8) is 0 Å². The Morgan fingerprint density at radius 1 is 1.12 bits per heavy atom. The van der Waals surface area contributed by atoms with E-state index >= 15 is 0 Å². The summed E-state index contributed by atoms with van der Waals surface area (Å²) in [5, 5.41) is 12.3. The topological polar surface area (TPSA) is 45.1 Å². The van der Waals surface area contributed by atoms with Crippen LogP contribution in [0.25, 0.3) is 0 Å². The maximum atomic E-state index is 9.25. The number of benzene rings is 1. The van der Waals surface area contributed by atoms with Crippen LogP contribution in [0.3, 0.4) is 0 Å². The molecule has 17 heavy (non-hydrogen) atoms. The first-order valence-electron chi connectivity index (χ1n) is 5.24. The average molecular weight is 244 g/mol. The van der Waals surface area contributed by atoms with Crippen LogP contribution in [0.5, 0.6) is 5.88 Å². The molecule has 0 saturated carbocycles. The van der Waals surface area contributed by atoms with Gasteiger partial charge in [0.15, 0.2) is 0 Å². The molecule has 0 saturated heterocycles. The largest absolute Gasteiger partial charge is 0.493 e. The lowest BCUT2D eigenvalue weighted by atomic mass is 10.2. The second-order valence-electron chi connectivity index (χ2n) is 3.55. The standard InChI is InChI=1S/C13H12N2OS/c16-12-8-4-7-11(15-12)13(17)14-9-10-5-2-1-3-6-10/h1-8H,9H2,(H,14,17)(H,15,16). The number of pyridine rings is 1. The van der Waals surface area contributed by atoms with Crippen molar-refractivity contribution in [3.05, 3.63) is 59.8 Å². The normalized spacial score (nSPS) is 9.88. The molecule has 1 aromatic heterocycles. The number of hydrogen-bond acceptors (Lipinski definition) is 3. The van der Waals surface area contributed by atoms with Crippen molar-refractivity contribution in [3.8, 4) is 5.88 Å². The van der Waals surface area contributed by atoms with Crippen LogP contribution in [0.1, 0.15) is 11.3 Å². The first-order chi connectivity index (χ1) is 8.25. The summed E-state index contributed by atoms with van der Waals surface area (Å²) in [6.07, 6.45) is 0. The van der Waals surface area contributed by atoms with Crippen molar-refractivity contribution < 1.29 is 5.11 Å². The Balaban J connectivity index is 1.98. The molecule has 3 nitrogen and oxygen atoms in total. The number of aromatic nitrogens is 1. The van der Waals surface area contributed by atoms with Gasteiger partial charge in [0.25, 0.3) is 0 Å². The molecule has 0 atom stereocenters. The highest BCUT2D eigenvalue weighted by atomic mass is 32.1. The highest BCUT2D eigenvalue weighted by molar-refractivity contribution is 7.80. The minimum absolute atomic E-state index is 0.0219. The van der Waals surface area contributed by atoms with E-state index in [9.17, 15) is 5.11 Å². The molecule has 0 aliphatic carbocycles. The van der Waals surface area contributed by atoms with Gasteiger partial charge in [0.1, 0.15) is 10.7 Å². The number of nitrogens with zero attached hydrogens (tertiary/aromatic N) is 1. The SMILES string of the molecule is Oc1cccc(C(=S)NCc2ccccc2)n1. The Morgan fingerprint density at radius 2 is 1.88 bits per heavy atom. The lowest BCUT2D eigenvalue weighted by Crippen LogP contribution is -2.22. The summed E-state index contributed by atoms with van der Waals surface area (Å²) in [7, 11) is 0. The zero-order chi connectivity index (χ0) is 12.1. The van der Waals surface area contributed by atoms with Crippen LogP contribution < -0.4 is 5.32 Å². The molecule has 1 aromatic carbocycles. The average Bonchev–Trinajstić information content (AvgIpc) is 2.37. The van der Waals surface area contributed by atoms with E-state index in [2.05, 4.69) is 10.3 Å². The van der Waals surface area contributed by atoms with E-state index in [1.807, 2.05) is 30.3 Å². The van der Waals surface area contributed by atoms with Gasteiger partial charge in [-0.05, 0) is 11.6 Å². The first-order valence-corrected chi connectivity index (χ1v) is 5.65. The zero-order valence-corrected chi connectivity index (χ0v) is 9.95. The van der Waals surface area contributed by atoms with E-state index < -0.39 is 0 Å². The van der Waals surface area contributed by atoms with E-state index in [0.29, 0.717) is 17.2 Å². The maximum absolute atomic E-state index is 9.25. The third-order valence-electron chi connectivity index (χ3n) is 2.26. The highest BCUT2D eigenvalue weighted by Crippen LogP contribution is 2.06. The summed E-state index contributed by atoms with van der Waals surface area (Å²) in [4.78, 5) is 4.47. The van der Waals surface area contributed by atoms with Gasteiger partial charge in [-0.2, -0.15) is 0 Å². The van der Waals surface area contributed by atoms with Gasteiger partial charge in [0.05, 0.1) is 0 Å². The Kier molecular flexibility index (Phi) is 3.67. The summed E-state index contributed by atoms with van der Waals surface area (Å²) < 4.78 is 0. The number of hydrogen-bond donors (Lipinski definition) is 2. The fourth-order valence-electron chi connectivity index (χ4n) is 1.42. The van der Waals surface area contributed by atoms with E-state index in [4.69, 9.17) is 12.2 Å². The number of thiocarbonyl (C=S) groups is 1. The fraction of sp³-hybridized carbons (Fsp3) is 0.0769. The van der Waals surface area contributed by atoms with E-state index in [0.717, 1.165) is 5.56 Å². The summed E-state index contributed by atoms with van der Waals surface area (Å²) in [6.45, 7) is 0.650. The van der Waals surface area contributed by atoms with Gasteiger partial charge in [0, 0.05) is 12.6 Å². The lowest BCUT2D eigenvalue weighted by Gasteiger charge is -2.07. The molecular formula is C13H12N2OS. The predicted molar refractivity (Wildman–Crippen MR) is 70.9 cm³/mol. The van der Waals surface area contributed by atoms with Crippen molar-refractivity contribution in [2.24, 2.45) is 0 Å². The molecular weight excluding hydrogens is 232 g/mol. The van der Waals surface area contributed by atoms with Gasteiger partial charge >= 0.3 is 0 Å². The molecule has 4 heteroatoms. The van der Waals surface area contributed by atoms with Crippen LogP contribution >= 0.6 is 12.2 Å². The molecule has 0 aliphatic rings. The molecule has 0 radical (unpaired) electrons. The quantitative estimate of drug-likeness (QED) is 0.813. The van der Waals surface area contributed by atoms with Crippen molar-refractivity contribution >= 4 is 17.2 Å². The fourth-order valence-corrected chi connectivity index (χ4v) is 1.60. The van der Waals surface area contributed by atoms with Crippen LogP contribution in [0.15, 0.2) is 48.5 Å². The summed E-state index contributed by atoms with van der Waals surface area (Å²) in [6, 6.07) is 15.0. The molecule has 2 rings (SSSR count). The molecule has 1 heterocycles. The second kappa shape index (κ2) is 5.41. The Labute approximate surface area is 105 Å². The van der Waals surface area contributed by atoms with Crippen molar-refractivity contribution in [1.82, 2.24) is 10.3 Å². The van der Waals surface area contributed by atoms with Crippen LogP contribution in [0.4, 0.5) is 0 Å². The lowest BCUT2D eigenvalue weighted by molar-refractivity contribution is 0.453. The Bertz CT molecular complexity index is 514. The van der Waals surface area contributed by atoms with E-state index in [-0.39, 0.29) is 5.88 Å². The summed E-state index contributed by atoms with van der Waals surface area (Å²) >= 11 is 5.19. The Morgan fingerprint density at radius 3 is 2.59 bits per heavy atom. The predicted octanol–water partition coefficient (Wildman–Crippen LogP) is 2.25. The molecule has 0 amide bonds. The zero-order valence-electron chi connectivity index (χ0n) is 9.13. The van der Waals surface area contributed by atoms with Gasteiger partial charge in [-0.1, -0.05) is 48.6 Å². The third-order valence-corrected chi connectivity index (χ3v) is 2.62. The van der Waals surface area contributed by atoms with Crippen molar-refractivity contribution in [2.45, 2.75) is 6.54 Å². The van der Waals surface area contributed by atoms with Gasteiger partial charge in [-0.15, -0.1) is 0 Å². The molecule has 86 valence electrons. The van der Waals surface area contributed by atoms with Crippen molar-refractivity contribution in [1.29, 1.82) is 0 Å². The minimum Gasteiger partial charge on any atom is -0.493 e. The van der Waals surface area contributed by atoms with Crippen LogP contribution in [-0.4, -0.2) is 15.1 Å². The third kappa shape index (κ3) is 3.26. The first kappa shape index (κ1) is 11.5. The molecule has 0 bridgehead atoms. The van der Waals surface area contributed by atoms with E-state index in [1.54, 1.807) is 12.1 Å².